The molecule has 1 aromatic heterocycles. The quantitative estimate of drug-likeness (QED) is 0.851. The van der Waals surface area contributed by atoms with E-state index in [1.54, 1.807) is 0 Å². The predicted molar refractivity (Wildman–Crippen MR) is 81.5 cm³/mol. The van der Waals surface area contributed by atoms with Gasteiger partial charge in [0.2, 0.25) is 0 Å². The van der Waals surface area contributed by atoms with E-state index in [9.17, 15) is 0 Å². The number of ether oxygens (including phenoxy) is 2. The Morgan fingerprint density at radius 3 is 3.05 bits per heavy atom. The van der Waals surface area contributed by atoms with Crippen molar-refractivity contribution in [3.8, 4) is 0 Å². The predicted octanol–water partition coefficient (Wildman–Crippen LogP) is 3.11. The molecule has 0 saturated carbocycles. The maximum Gasteiger partial charge on any atom is 0.109 e. The van der Waals surface area contributed by atoms with E-state index >= 15 is 0 Å². The van der Waals surface area contributed by atoms with E-state index in [1.165, 1.54) is 11.3 Å². The molecule has 112 valence electrons. The number of hydrogen-bond donors (Lipinski definition) is 0. The Morgan fingerprint density at radius 1 is 1.33 bits per heavy atom. The van der Waals surface area contributed by atoms with E-state index in [2.05, 4.69) is 35.8 Å². The highest BCUT2D eigenvalue weighted by molar-refractivity contribution is 5.76. The van der Waals surface area contributed by atoms with Gasteiger partial charge in [-0.3, -0.25) is 0 Å². The molecule has 0 bridgehead atoms. The lowest BCUT2D eigenvalue weighted by molar-refractivity contribution is -0.0946. The minimum Gasteiger partial charge on any atom is -0.378 e. The summed E-state index contributed by atoms with van der Waals surface area (Å²) in [5.41, 5.74) is 2.31. The SMILES string of the molecule is CCc1nc2ccccc2n1C1CCOC2(CCOC2)C1. The van der Waals surface area contributed by atoms with Crippen molar-refractivity contribution < 1.29 is 9.47 Å². The third-order valence-electron chi connectivity index (χ3n) is 4.88. The molecule has 4 heteroatoms. The van der Waals surface area contributed by atoms with E-state index < -0.39 is 0 Å². The molecule has 3 heterocycles. The molecule has 4 rings (SSSR count). The van der Waals surface area contributed by atoms with Crippen LogP contribution in [0.2, 0.25) is 0 Å². The van der Waals surface area contributed by atoms with Crippen LogP contribution in [0.1, 0.15) is 38.1 Å². The molecule has 1 spiro atoms. The van der Waals surface area contributed by atoms with Crippen molar-refractivity contribution in [2.24, 2.45) is 0 Å². The lowest BCUT2D eigenvalue weighted by Gasteiger charge is -2.38. The molecule has 2 aromatic rings. The summed E-state index contributed by atoms with van der Waals surface area (Å²) in [5, 5.41) is 0. The summed E-state index contributed by atoms with van der Waals surface area (Å²) < 4.78 is 14.1. The number of rotatable bonds is 2. The van der Waals surface area contributed by atoms with Gasteiger partial charge < -0.3 is 14.0 Å². The van der Waals surface area contributed by atoms with Gasteiger partial charge in [-0.1, -0.05) is 19.1 Å². The van der Waals surface area contributed by atoms with Crippen molar-refractivity contribution in [2.45, 2.75) is 44.2 Å². The van der Waals surface area contributed by atoms with Crippen LogP contribution in [0.4, 0.5) is 0 Å². The zero-order valence-electron chi connectivity index (χ0n) is 12.5. The highest BCUT2D eigenvalue weighted by Crippen LogP contribution is 2.39. The molecule has 2 aliphatic heterocycles. The summed E-state index contributed by atoms with van der Waals surface area (Å²) in [6, 6.07) is 8.94. The second-order valence-electron chi connectivity index (χ2n) is 6.22. The van der Waals surface area contributed by atoms with E-state index in [-0.39, 0.29) is 5.60 Å². The Morgan fingerprint density at radius 2 is 2.24 bits per heavy atom. The molecule has 2 aliphatic rings. The fraction of sp³-hybridized carbons (Fsp3) is 0.588. The van der Waals surface area contributed by atoms with Gasteiger partial charge in [0.15, 0.2) is 0 Å². The van der Waals surface area contributed by atoms with Crippen molar-refractivity contribution in [1.29, 1.82) is 0 Å². The number of benzene rings is 1. The minimum absolute atomic E-state index is 0.0562. The Hall–Kier alpha value is -1.39. The molecule has 4 nitrogen and oxygen atoms in total. The largest absolute Gasteiger partial charge is 0.378 e. The number of nitrogens with zero attached hydrogens (tertiary/aromatic N) is 2. The van der Waals surface area contributed by atoms with Crippen LogP contribution in [0, 0.1) is 0 Å². The maximum absolute atomic E-state index is 6.08. The minimum atomic E-state index is -0.0562. The number of imidazole rings is 1. The van der Waals surface area contributed by atoms with Gasteiger partial charge in [0.1, 0.15) is 5.82 Å². The fourth-order valence-electron chi connectivity index (χ4n) is 3.84. The monoisotopic (exact) mass is 286 g/mol. The van der Waals surface area contributed by atoms with Crippen molar-refractivity contribution in [3.05, 3.63) is 30.1 Å². The molecular weight excluding hydrogens is 264 g/mol. The van der Waals surface area contributed by atoms with Crippen LogP contribution in [-0.4, -0.2) is 35.0 Å². The number of hydrogen-bond acceptors (Lipinski definition) is 3. The maximum atomic E-state index is 6.08. The van der Waals surface area contributed by atoms with Gasteiger partial charge in [-0.2, -0.15) is 0 Å². The van der Waals surface area contributed by atoms with Gasteiger partial charge in [-0.25, -0.2) is 4.98 Å². The van der Waals surface area contributed by atoms with Crippen molar-refractivity contribution in [3.63, 3.8) is 0 Å². The van der Waals surface area contributed by atoms with E-state index in [0.29, 0.717) is 6.04 Å². The van der Waals surface area contributed by atoms with Gasteiger partial charge in [0, 0.05) is 32.1 Å². The van der Waals surface area contributed by atoms with E-state index in [4.69, 9.17) is 14.5 Å². The van der Waals surface area contributed by atoms with Crippen LogP contribution < -0.4 is 0 Å². The van der Waals surface area contributed by atoms with Gasteiger partial charge in [-0.05, 0) is 25.0 Å². The second-order valence-corrected chi connectivity index (χ2v) is 6.22. The van der Waals surface area contributed by atoms with Crippen LogP contribution in [-0.2, 0) is 15.9 Å². The Balaban J connectivity index is 1.75. The highest BCUT2D eigenvalue weighted by atomic mass is 16.6. The molecule has 0 radical (unpaired) electrons. The standard InChI is InChI=1S/C17H22N2O2/c1-2-16-18-14-5-3-4-6-15(14)19(16)13-7-9-21-17(11-13)8-10-20-12-17/h3-6,13H,2,7-12H2,1H3. The molecule has 1 aromatic carbocycles. The molecule has 21 heavy (non-hydrogen) atoms. The van der Waals surface area contributed by atoms with E-state index in [0.717, 1.165) is 51.0 Å². The summed E-state index contributed by atoms with van der Waals surface area (Å²) in [7, 11) is 0. The van der Waals surface area contributed by atoms with E-state index in [1.807, 2.05) is 0 Å². The first-order chi connectivity index (χ1) is 10.3. The summed E-state index contributed by atoms with van der Waals surface area (Å²) in [6.07, 6.45) is 4.10. The Labute approximate surface area is 125 Å². The summed E-state index contributed by atoms with van der Waals surface area (Å²) in [5.74, 6) is 1.19. The number of aryl methyl sites for hydroxylation is 1. The topological polar surface area (TPSA) is 36.3 Å². The van der Waals surface area contributed by atoms with Crippen molar-refractivity contribution in [2.75, 3.05) is 19.8 Å². The highest BCUT2D eigenvalue weighted by Gasteiger charge is 2.42. The average Bonchev–Trinajstić information content (AvgIpc) is 3.11. The molecule has 2 atom stereocenters. The van der Waals surface area contributed by atoms with Crippen LogP contribution in [0.3, 0.4) is 0 Å². The van der Waals surface area contributed by atoms with Gasteiger partial charge in [0.25, 0.3) is 0 Å². The van der Waals surface area contributed by atoms with Crippen molar-refractivity contribution >= 4 is 11.0 Å². The molecule has 0 aliphatic carbocycles. The molecule has 2 fully saturated rings. The smallest absolute Gasteiger partial charge is 0.109 e. The Bertz CT molecular complexity index is 643. The second kappa shape index (κ2) is 5.11. The molecule has 0 N–H and O–H groups in total. The first-order valence-corrected chi connectivity index (χ1v) is 7.99. The third kappa shape index (κ3) is 2.17. The van der Waals surface area contributed by atoms with Crippen LogP contribution in [0.25, 0.3) is 11.0 Å². The first kappa shape index (κ1) is 13.3. The summed E-state index contributed by atoms with van der Waals surface area (Å²) >= 11 is 0. The number of fused-ring (bicyclic) bond motifs is 1. The number of aromatic nitrogens is 2. The van der Waals surface area contributed by atoms with Crippen LogP contribution >= 0.6 is 0 Å². The third-order valence-corrected chi connectivity index (χ3v) is 4.88. The van der Waals surface area contributed by atoms with Crippen LogP contribution in [0.5, 0.6) is 0 Å². The fourth-order valence-corrected chi connectivity index (χ4v) is 3.84. The molecular formula is C17H22N2O2. The zero-order valence-corrected chi connectivity index (χ0v) is 12.5. The molecule has 2 unspecified atom stereocenters. The first-order valence-electron chi connectivity index (χ1n) is 7.99. The lowest BCUT2D eigenvalue weighted by Crippen LogP contribution is -2.41. The lowest BCUT2D eigenvalue weighted by atomic mass is 9.89. The number of para-hydroxylation sites is 2. The zero-order chi connectivity index (χ0) is 14.3. The normalized spacial score (nSPS) is 29.5. The molecule has 0 amide bonds. The van der Waals surface area contributed by atoms with Gasteiger partial charge in [-0.15, -0.1) is 0 Å². The average molecular weight is 286 g/mol. The van der Waals surface area contributed by atoms with Crippen molar-refractivity contribution in [1.82, 2.24) is 9.55 Å². The summed E-state index contributed by atoms with van der Waals surface area (Å²) in [4.78, 5) is 4.81. The Kier molecular flexibility index (Phi) is 3.23. The van der Waals surface area contributed by atoms with Crippen LogP contribution in [0.15, 0.2) is 24.3 Å². The summed E-state index contributed by atoms with van der Waals surface area (Å²) in [6.45, 7) is 4.59. The molecule has 2 saturated heterocycles. The van der Waals surface area contributed by atoms with Gasteiger partial charge >= 0.3 is 0 Å². The van der Waals surface area contributed by atoms with Gasteiger partial charge in [0.05, 0.1) is 23.2 Å².